The monoisotopic (exact) mass is 310 g/mol. The summed E-state index contributed by atoms with van der Waals surface area (Å²) in [6.07, 6.45) is -0.513. The van der Waals surface area contributed by atoms with E-state index in [-0.39, 0.29) is 0 Å². The van der Waals surface area contributed by atoms with Gasteiger partial charge in [-0.1, -0.05) is 28.1 Å². The van der Waals surface area contributed by atoms with Gasteiger partial charge in [0, 0.05) is 14.2 Å². The molecule has 1 unspecified atom stereocenters. The van der Waals surface area contributed by atoms with Crippen LogP contribution in [0.2, 0.25) is 0 Å². The average Bonchev–Trinajstić information content (AvgIpc) is 2.61. The van der Waals surface area contributed by atoms with Crippen molar-refractivity contribution < 1.29 is 5.11 Å². The normalized spacial score (nSPS) is 12.8. The van der Waals surface area contributed by atoms with Crippen LogP contribution in [0, 0.1) is 20.8 Å². The SMILES string of the molecule is Cc1cc(C)c(C(O)c2ccc(Br)c(C)c2)s1. The van der Waals surface area contributed by atoms with E-state index >= 15 is 0 Å². The zero-order valence-corrected chi connectivity index (χ0v) is 12.5. The average molecular weight is 311 g/mol. The fourth-order valence-electron chi connectivity index (χ4n) is 1.92. The fourth-order valence-corrected chi connectivity index (χ4v) is 3.22. The summed E-state index contributed by atoms with van der Waals surface area (Å²) in [5.74, 6) is 0. The Kier molecular flexibility index (Phi) is 3.71. The third-order valence-corrected chi connectivity index (χ3v) is 4.92. The molecule has 0 fully saturated rings. The van der Waals surface area contributed by atoms with Crippen LogP contribution in [0.4, 0.5) is 0 Å². The van der Waals surface area contributed by atoms with E-state index in [9.17, 15) is 5.11 Å². The van der Waals surface area contributed by atoms with Gasteiger partial charge in [0.25, 0.3) is 0 Å². The number of aryl methyl sites for hydroxylation is 3. The van der Waals surface area contributed by atoms with Crippen LogP contribution >= 0.6 is 27.3 Å². The number of rotatable bonds is 2. The molecule has 0 aliphatic heterocycles. The van der Waals surface area contributed by atoms with Crippen LogP contribution in [0.25, 0.3) is 0 Å². The Balaban J connectivity index is 2.40. The van der Waals surface area contributed by atoms with Gasteiger partial charge in [0.2, 0.25) is 0 Å². The summed E-state index contributed by atoms with van der Waals surface area (Å²) in [5.41, 5.74) is 3.27. The summed E-state index contributed by atoms with van der Waals surface area (Å²) < 4.78 is 1.08. The lowest BCUT2D eigenvalue weighted by molar-refractivity contribution is 0.223. The topological polar surface area (TPSA) is 20.2 Å². The Labute approximate surface area is 114 Å². The minimum atomic E-state index is -0.513. The lowest BCUT2D eigenvalue weighted by Crippen LogP contribution is -1.99. The van der Waals surface area contributed by atoms with Crippen LogP contribution in [-0.2, 0) is 0 Å². The molecule has 0 spiro atoms. The maximum Gasteiger partial charge on any atom is 0.113 e. The van der Waals surface area contributed by atoms with Gasteiger partial charge in [-0.25, -0.2) is 0 Å². The first-order chi connectivity index (χ1) is 7.99. The molecule has 1 aromatic carbocycles. The molecule has 1 atom stereocenters. The molecule has 17 heavy (non-hydrogen) atoms. The van der Waals surface area contributed by atoms with Crippen molar-refractivity contribution >= 4 is 27.3 Å². The molecule has 0 radical (unpaired) electrons. The van der Waals surface area contributed by atoms with E-state index in [1.807, 2.05) is 32.0 Å². The second-order valence-corrected chi connectivity index (χ2v) is 6.46. The van der Waals surface area contributed by atoms with Gasteiger partial charge in [-0.2, -0.15) is 0 Å². The molecule has 3 heteroatoms. The number of aliphatic hydroxyl groups excluding tert-OH is 1. The first-order valence-corrected chi connectivity index (χ1v) is 7.11. The molecule has 0 amide bonds. The molecule has 2 rings (SSSR count). The van der Waals surface area contributed by atoms with Gasteiger partial charge in [0.1, 0.15) is 6.10 Å². The van der Waals surface area contributed by atoms with Crippen LogP contribution in [0.3, 0.4) is 0 Å². The van der Waals surface area contributed by atoms with Crippen LogP contribution < -0.4 is 0 Å². The van der Waals surface area contributed by atoms with Crippen molar-refractivity contribution in [3.63, 3.8) is 0 Å². The van der Waals surface area contributed by atoms with Crippen molar-refractivity contribution in [3.05, 3.63) is 55.2 Å². The summed E-state index contributed by atoms with van der Waals surface area (Å²) >= 11 is 5.14. The van der Waals surface area contributed by atoms with E-state index in [1.165, 1.54) is 10.4 Å². The van der Waals surface area contributed by atoms with Crippen molar-refractivity contribution in [3.8, 4) is 0 Å². The Morgan fingerprint density at radius 3 is 2.35 bits per heavy atom. The van der Waals surface area contributed by atoms with Gasteiger partial charge in [-0.05, 0) is 49.6 Å². The molecule has 90 valence electrons. The number of hydrogen-bond acceptors (Lipinski definition) is 2. The lowest BCUT2D eigenvalue weighted by Gasteiger charge is -2.12. The van der Waals surface area contributed by atoms with Gasteiger partial charge in [0.05, 0.1) is 0 Å². The number of aliphatic hydroxyl groups is 1. The molecular formula is C14H15BrOS. The highest BCUT2D eigenvalue weighted by Crippen LogP contribution is 2.32. The number of hydrogen-bond donors (Lipinski definition) is 1. The number of thiophene rings is 1. The maximum atomic E-state index is 10.4. The zero-order valence-electron chi connectivity index (χ0n) is 10.1. The summed E-state index contributed by atoms with van der Waals surface area (Å²) in [7, 11) is 0. The maximum absolute atomic E-state index is 10.4. The second-order valence-electron chi connectivity index (χ2n) is 4.32. The molecule has 0 aliphatic carbocycles. The third-order valence-electron chi connectivity index (χ3n) is 2.83. The highest BCUT2D eigenvalue weighted by atomic mass is 79.9. The third kappa shape index (κ3) is 2.62. The zero-order chi connectivity index (χ0) is 12.6. The molecule has 1 heterocycles. The Morgan fingerprint density at radius 1 is 1.12 bits per heavy atom. The Morgan fingerprint density at radius 2 is 1.82 bits per heavy atom. The molecule has 2 aromatic rings. The van der Waals surface area contributed by atoms with Gasteiger partial charge < -0.3 is 5.11 Å². The molecule has 0 saturated heterocycles. The molecule has 0 saturated carbocycles. The van der Waals surface area contributed by atoms with E-state index < -0.39 is 6.10 Å². The predicted octanol–water partition coefficient (Wildman–Crippen LogP) is 4.52. The summed E-state index contributed by atoms with van der Waals surface area (Å²) in [5, 5.41) is 10.4. The van der Waals surface area contributed by atoms with Crippen LogP contribution in [-0.4, -0.2) is 5.11 Å². The molecular weight excluding hydrogens is 296 g/mol. The number of benzene rings is 1. The standard InChI is InChI=1S/C14H15BrOS/c1-8-7-11(4-5-12(8)15)13(16)14-9(2)6-10(3)17-14/h4-7,13,16H,1-3H3. The highest BCUT2D eigenvalue weighted by molar-refractivity contribution is 9.10. The lowest BCUT2D eigenvalue weighted by atomic mass is 10.0. The minimum absolute atomic E-state index is 0.513. The number of halogens is 1. The second kappa shape index (κ2) is 4.92. The molecule has 1 N–H and O–H groups in total. The predicted molar refractivity (Wildman–Crippen MR) is 76.7 cm³/mol. The van der Waals surface area contributed by atoms with Crippen LogP contribution in [0.5, 0.6) is 0 Å². The van der Waals surface area contributed by atoms with Crippen LogP contribution in [0.1, 0.15) is 32.5 Å². The van der Waals surface area contributed by atoms with Gasteiger partial charge in [-0.3, -0.25) is 0 Å². The van der Waals surface area contributed by atoms with E-state index in [1.54, 1.807) is 11.3 Å². The fraction of sp³-hybridized carbons (Fsp3) is 0.286. The van der Waals surface area contributed by atoms with E-state index in [4.69, 9.17) is 0 Å². The van der Waals surface area contributed by atoms with Gasteiger partial charge in [-0.15, -0.1) is 11.3 Å². The quantitative estimate of drug-likeness (QED) is 0.864. The molecule has 1 aromatic heterocycles. The summed E-state index contributed by atoms with van der Waals surface area (Å²) in [6, 6.07) is 8.11. The van der Waals surface area contributed by atoms with Crippen molar-refractivity contribution in [2.45, 2.75) is 26.9 Å². The summed E-state index contributed by atoms with van der Waals surface area (Å²) in [4.78, 5) is 2.29. The van der Waals surface area contributed by atoms with Crippen molar-refractivity contribution in [2.24, 2.45) is 0 Å². The molecule has 0 bridgehead atoms. The van der Waals surface area contributed by atoms with Crippen molar-refractivity contribution in [2.75, 3.05) is 0 Å². The van der Waals surface area contributed by atoms with Gasteiger partial charge in [0.15, 0.2) is 0 Å². The first kappa shape index (κ1) is 12.8. The van der Waals surface area contributed by atoms with E-state index in [0.29, 0.717) is 0 Å². The minimum Gasteiger partial charge on any atom is -0.383 e. The van der Waals surface area contributed by atoms with Crippen LogP contribution in [0.15, 0.2) is 28.7 Å². The van der Waals surface area contributed by atoms with Gasteiger partial charge >= 0.3 is 0 Å². The Bertz CT molecular complexity index is 545. The van der Waals surface area contributed by atoms with E-state index in [2.05, 4.69) is 28.9 Å². The molecule has 1 nitrogen and oxygen atoms in total. The Hall–Kier alpha value is -0.640. The van der Waals surface area contributed by atoms with E-state index in [0.717, 1.165) is 20.5 Å². The smallest absolute Gasteiger partial charge is 0.113 e. The largest absolute Gasteiger partial charge is 0.383 e. The molecule has 0 aliphatic rings. The van der Waals surface area contributed by atoms with Crippen molar-refractivity contribution in [1.29, 1.82) is 0 Å². The van der Waals surface area contributed by atoms with Crippen molar-refractivity contribution in [1.82, 2.24) is 0 Å². The summed E-state index contributed by atoms with van der Waals surface area (Å²) in [6.45, 7) is 6.15. The first-order valence-electron chi connectivity index (χ1n) is 5.50. The highest BCUT2D eigenvalue weighted by Gasteiger charge is 2.16.